The highest BCUT2D eigenvalue weighted by Gasteiger charge is 2.30. The lowest BCUT2D eigenvalue weighted by molar-refractivity contribution is -0.128. The molecule has 1 aromatic rings. The van der Waals surface area contributed by atoms with Crippen LogP contribution in [0.5, 0.6) is 0 Å². The number of carbonyl (C=O) groups excluding carboxylic acids is 1. The highest BCUT2D eigenvalue weighted by Crippen LogP contribution is 2.28. The monoisotopic (exact) mass is 250 g/mol. The summed E-state index contributed by atoms with van der Waals surface area (Å²) in [5, 5.41) is 0. The number of hydrogen-bond acceptors (Lipinski definition) is 3. The molecule has 1 aliphatic rings. The Hall–Kier alpha value is -1.16. The molecule has 2 rings (SSSR count). The minimum atomic E-state index is 0.238. The van der Waals surface area contributed by atoms with Crippen molar-refractivity contribution in [3.05, 3.63) is 24.3 Å². The van der Waals surface area contributed by atoms with Crippen LogP contribution in [0, 0.1) is 0 Å². The number of thioether (sulfide) groups is 1. The molecule has 17 heavy (non-hydrogen) atoms. The molecule has 0 heterocycles. The van der Waals surface area contributed by atoms with Crippen LogP contribution in [0.2, 0.25) is 0 Å². The second-order valence-electron chi connectivity index (χ2n) is 4.27. The van der Waals surface area contributed by atoms with E-state index in [9.17, 15) is 4.79 Å². The van der Waals surface area contributed by atoms with Gasteiger partial charge in [0, 0.05) is 23.2 Å². The molecule has 1 saturated carbocycles. The average molecular weight is 250 g/mol. The molecule has 4 heteroatoms. The summed E-state index contributed by atoms with van der Waals surface area (Å²) in [6, 6.07) is 8.18. The summed E-state index contributed by atoms with van der Waals surface area (Å²) < 4.78 is 0. The number of nitrogen functional groups attached to an aromatic ring is 1. The number of nitrogens with two attached hydrogens (primary N) is 1. The summed E-state index contributed by atoms with van der Waals surface area (Å²) in [6.07, 6.45) is 2.34. The van der Waals surface area contributed by atoms with Crippen molar-refractivity contribution < 1.29 is 4.79 Å². The van der Waals surface area contributed by atoms with Crippen molar-refractivity contribution in [1.29, 1.82) is 0 Å². The molecule has 0 spiro atoms. The van der Waals surface area contributed by atoms with Gasteiger partial charge in [-0.2, -0.15) is 0 Å². The number of amides is 1. The number of nitrogens with zero attached hydrogens (tertiary/aromatic N) is 1. The Morgan fingerprint density at radius 2 is 2.29 bits per heavy atom. The smallest absolute Gasteiger partial charge is 0.233 e. The fourth-order valence-corrected chi connectivity index (χ4v) is 2.71. The van der Waals surface area contributed by atoms with Crippen LogP contribution in [0.4, 0.5) is 5.69 Å². The quantitative estimate of drug-likeness (QED) is 0.644. The van der Waals surface area contributed by atoms with E-state index in [0.717, 1.165) is 17.1 Å². The Morgan fingerprint density at radius 1 is 1.53 bits per heavy atom. The summed E-state index contributed by atoms with van der Waals surface area (Å²) in [7, 11) is 0. The zero-order valence-electron chi connectivity index (χ0n) is 10.1. The molecule has 0 bridgehead atoms. The molecule has 0 aliphatic heterocycles. The summed E-state index contributed by atoms with van der Waals surface area (Å²) >= 11 is 1.56. The minimum absolute atomic E-state index is 0.238. The standard InChI is InChI=1S/C13H18N2OS/c1-2-15(11-6-7-11)13(16)9-17-12-5-3-4-10(14)8-12/h3-5,8,11H,2,6-7,9,14H2,1H3. The maximum atomic E-state index is 12.0. The largest absolute Gasteiger partial charge is 0.399 e. The van der Waals surface area contributed by atoms with Crippen LogP contribution in [0.1, 0.15) is 19.8 Å². The van der Waals surface area contributed by atoms with Crippen molar-refractivity contribution in [3.8, 4) is 0 Å². The minimum Gasteiger partial charge on any atom is -0.399 e. The Labute approximate surface area is 106 Å². The number of hydrogen-bond donors (Lipinski definition) is 1. The zero-order valence-corrected chi connectivity index (χ0v) is 10.9. The lowest BCUT2D eigenvalue weighted by Gasteiger charge is -2.20. The molecule has 1 aliphatic carbocycles. The van der Waals surface area contributed by atoms with E-state index in [1.165, 1.54) is 12.8 Å². The fraction of sp³-hybridized carbons (Fsp3) is 0.462. The molecular weight excluding hydrogens is 232 g/mol. The number of anilines is 1. The summed E-state index contributed by atoms with van der Waals surface area (Å²) in [5.74, 6) is 0.746. The first kappa shape index (κ1) is 12.3. The molecule has 0 saturated heterocycles. The average Bonchev–Trinajstić information content (AvgIpc) is 3.12. The van der Waals surface area contributed by atoms with Crippen LogP contribution in [0.25, 0.3) is 0 Å². The van der Waals surface area contributed by atoms with E-state index >= 15 is 0 Å². The lowest BCUT2D eigenvalue weighted by atomic mass is 10.3. The van der Waals surface area contributed by atoms with E-state index in [0.29, 0.717) is 11.8 Å². The van der Waals surface area contributed by atoms with Gasteiger partial charge < -0.3 is 10.6 Å². The van der Waals surface area contributed by atoms with E-state index in [2.05, 4.69) is 0 Å². The molecule has 0 aromatic heterocycles. The number of benzene rings is 1. The Balaban J connectivity index is 1.86. The van der Waals surface area contributed by atoms with Gasteiger partial charge in [-0.3, -0.25) is 4.79 Å². The lowest BCUT2D eigenvalue weighted by Crippen LogP contribution is -2.34. The second-order valence-corrected chi connectivity index (χ2v) is 5.32. The Bertz CT molecular complexity index is 404. The first-order valence-corrected chi connectivity index (χ1v) is 6.97. The fourth-order valence-electron chi connectivity index (χ4n) is 1.86. The normalized spacial score (nSPS) is 14.6. The summed E-state index contributed by atoms with van der Waals surface area (Å²) in [4.78, 5) is 15.0. The zero-order chi connectivity index (χ0) is 12.3. The maximum Gasteiger partial charge on any atom is 0.233 e. The molecule has 2 N–H and O–H groups in total. The van der Waals surface area contributed by atoms with Gasteiger partial charge in [-0.15, -0.1) is 11.8 Å². The van der Waals surface area contributed by atoms with Gasteiger partial charge >= 0.3 is 0 Å². The third-order valence-electron chi connectivity index (χ3n) is 2.87. The molecule has 1 fully saturated rings. The van der Waals surface area contributed by atoms with Gasteiger partial charge in [0.2, 0.25) is 5.91 Å². The van der Waals surface area contributed by atoms with Gasteiger partial charge in [-0.05, 0) is 38.0 Å². The second kappa shape index (κ2) is 5.45. The van der Waals surface area contributed by atoms with Crippen LogP contribution in [0.3, 0.4) is 0 Å². The van der Waals surface area contributed by atoms with Crippen LogP contribution in [-0.2, 0) is 4.79 Å². The van der Waals surface area contributed by atoms with Crippen LogP contribution >= 0.6 is 11.8 Å². The van der Waals surface area contributed by atoms with Gasteiger partial charge in [0.05, 0.1) is 5.75 Å². The first-order chi connectivity index (χ1) is 8.20. The summed E-state index contributed by atoms with van der Waals surface area (Å²) in [6.45, 7) is 2.86. The van der Waals surface area contributed by atoms with Gasteiger partial charge in [0.25, 0.3) is 0 Å². The van der Waals surface area contributed by atoms with Gasteiger partial charge in [-0.1, -0.05) is 6.07 Å². The van der Waals surface area contributed by atoms with E-state index in [-0.39, 0.29) is 5.91 Å². The molecule has 0 atom stereocenters. The van der Waals surface area contributed by atoms with Crippen molar-refractivity contribution >= 4 is 23.4 Å². The predicted molar refractivity (Wildman–Crippen MR) is 72.0 cm³/mol. The highest BCUT2D eigenvalue weighted by molar-refractivity contribution is 8.00. The molecule has 92 valence electrons. The third kappa shape index (κ3) is 3.40. The first-order valence-electron chi connectivity index (χ1n) is 5.98. The van der Waals surface area contributed by atoms with Gasteiger partial charge in [0.15, 0.2) is 0 Å². The SMILES string of the molecule is CCN(C(=O)CSc1cccc(N)c1)C1CC1. The van der Waals surface area contributed by atoms with Crippen molar-refractivity contribution in [2.75, 3.05) is 18.0 Å². The third-order valence-corrected chi connectivity index (χ3v) is 3.85. The Morgan fingerprint density at radius 3 is 2.88 bits per heavy atom. The van der Waals surface area contributed by atoms with Crippen molar-refractivity contribution in [2.45, 2.75) is 30.7 Å². The van der Waals surface area contributed by atoms with Crippen molar-refractivity contribution in [3.63, 3.8) is 0 Å². The van der Waals surface area contributed by atoms with E-state index in [1.54, 1.807) is 11.8 Å². The van der Waals surface area contributed by atoms with Crippen LogP contribution in [-0.4, -0.2) is 29.1 Å². The number of rotatable bonds is 5. The Kier molecular flexibility index (Phi) is 3.94. The van der Waals surface area contributed by atoms with E-state index < -0.39 is 0 Å². The van der Waals surface area contributed by atoms with Gasteiger partial charge in [-0.25, -0.2) is 0 Å². The summed E-state index contributed by atoms with van der Waals surface area (Å²) in [5.41, 5.74) is 6.45. The van der Waals surface area contributed by atoms with Crippen LogP contribution in [0.15, 0.2) is 29.2 Å². The van der Waals surface area contributed by atoms with E-state index in [4.69, 9.17) is 5.73 Å². The molecule has 0 unspecified atom stereocenters. The van der Waals surface area contributed by atoms with Crippen LogP contribution < -0.4 is 5.73 Å². The maximum absolute atomic E-state index is 12.0. The van der Waals surface area contributed by atoms with Gasteiger partial charge in [0.1, 0.15) is 0 Å². The van der Waals surface area contributed by atoms with Crippen molar-refractivity contribution in [1.82, 2.24) is 4.90 Å². The molecule has 1 aromatic carbocycles. The molecule has 0 radical (unpaired) electrons. The molecule has 1 amide bonds. The highest BCUT2D eigenvalue weighted by atomic mass is 32.2. The topological polar surface area (TPSA) is 46.3 Å². The number of carbonyl (C=O) groups is 1. The van der Waals surface area contributed by atoms with E-state index in [1.807, 2.05) is 36.1 Å². The van der Waals surface area contributed by atoms with Crippen molar-refractivity contribution in [2.24, 2.45) is 0 Å². The molecule has 3 nitrogen and oxygen atoms in total. The molecular formula is C13H18N2OS. The predicted octanol–water partition coefficient (Wildman–Crippen LogP) is 2.37.